The van der Waals surface area contributed by atoms with E-state index in [1.165, 1.54) is 67.0 Å². The molecule has 1 aliphatic rings. The molecule has 0 atom stereocenters. The molecule has 158 valence electrons. The number of aryl methyl sites for hydroxylation is 1. The molecule has 0 aliphatic carbocycles. The molecule has 0 spiro atoms. The molecule has 0 fully saturated rings. The minimum atomic E-state index is 0.650. The van der Waals surface area contributed by atoms with Crippen LogP contribution in [0.1, 0.15) is 70.8 Å². The Labute approximate surface area is 186 Å². The fourth-order valence-electron chi connectivity index (χ4n) is 4.22. The van der Waals surface area contributed by atoms with E-state index < -0.39 is 0 Å². The van der Waals surface area contributed by atoms with Crippen LogP contribution in [0, 0.1) is 0 Å². The summed E-state index contributed by atoms with van der Waals surface area (Å²) in [5, 5.41) is 3.81. The number of unbranched alkanes of at least 4 members (excludes halogenated alkanes) is 7. The second kappa shape index (κ2) is 11.1. The molecule has 4 heteroatoms. The highest BCUT2D eigenvalue weighted by Gasteiger charge is 2.29. The molecule has 1 heterocycles. The van der Waals surface area contributed by atoms with E-state index >= 15 is 0 Å². The van der Waals surface area contributed by atoms with Crippen LogP contribution in [-0.2, 0) is 6.42 Å². The quantitative estimate of drug-likeness (QED) is 0.260. The predicted octanol–water partition coefficient (Wildman–Crippen LogP) is 8.23. The Hall–Kier alpha value is -1.38. The number of benzene rings is 2. The first-order chi connectivity index (χ1) is 14.2. The molecule has 0 N–H and O–H groups in total. The number of anilines is 1. The van der Waals surface area contributed by atoms with E-state index in [2.05, 4.69) is 60.0 Å². The van der Waals surface area contributed by atoms with E-state index in [9.17, 15) is 0 Å². The van der Waals surface area contributed by atoms with Crippen molar-refractivity contribution in [3.05, 3.63) is 52.3 Å². The summed E-state index contributed by atoms with van der Waals surface area (Å²) in [4.78, 5) is 4.41. The van der Waals surface area contributed by atoms with Gasteiger partial charge >= 0.3 is 0 Å². The van der Waals surface area contributed by atoms with Crippen molar-refractivity contribution in [3.63, 3.8) is 0 Å². The van der Waals surface area contributed by atoms with Gasteiger partial charge in [-0.1, -0.05) is 118 Å². The molecule has 1 aliphatic heterocycles. The van der Waals surface area contributed by atoms with Crippen LogP contribution >= 0.6 is 23.2 Å². The van der Waals surface area contributed by atoms with Crippen molar-refractivity contribution in [2.75, 3.05) is 18.1 Å². The van der Waals surface area contributed by atoms with Gasteiger partial charge in [0, 0.05) is 11.9 Å². The van der Waals surface area contributed by atoms with Crippen LogP contribution in [0.2, 0.25) is 0 Å². The molecule has 0 amide bonds. The van der Waals surface area contributed by atoms with Crippen molar-refractivity contribution < 1.29 is 0 Å². The SMILES string of the molecule is CCCCCCCCCCN1CN(c2c(CC)ccc3ccccc23)C(Cl)=C1Cl. The topological polar surface area (TPSA) is 6.48 Å². The summed E-state index contributed by atoms with van der Waals surface area (Å²) >= 11 is 13.4. The highest BCUT2D eigenvalue weighted by molar-refractivity contribution is 6.40. The van der Waals surface area contributed by atoms with Gasteiger partial charge in [-0.3, -0.25) is 0 Å². The molecule has 3 rings (SSSR count). The van der Waals surface area contributed by atoms with Gasteiger partial charge in [0.05, 0.1) is 12.4 Å². The second-order valence-corrected chi connectivity index (χ2v) is 8.75. The lowest BCUT2D eigenvalue weighted by molar-refractivity contribution is 0.379. The van der Waals surface area contributed by atoms with Gasteiger partial charge in [-0.05, 0) is 23.8 Å². The standard InChI is InChI=1S/C25H34Cl2N2/c1-3-5-6-7-8-9-10-13-18-28-19-29(25(27)24(28)26)23-20(4-2)16-17-21-14-11-12-15-22(21)23/h11-12,14-17H,3-10,13,18-19H2,1-2H3. The van der Waals surface area contributed by atoms with Gasteiger partial charge in [0.25, 0.3) is 0 Å². The van der Waals surface area contributed by atoms with Crippen molar-refractivity contribution in [1.29, 1.82) is 0 Å². The zero-order chi connectivity index (χ0) is 20.6. The predicted molar refractivity (Wildman–Crippen MR) is 129 cm³/mol. The van der Waals surface area contributed by atoms with E-state index in [4.69, 9.17) is 23.2 Å². The van der Waals surface area contributed by atoms with Crippen LogP contribution < -0.4 is 4.90 Å². The minimum Gasteiger partial charge on any atom is -0.342 e. The number of nitrogens with zero attached hydrogens (tertiary/aromatic N) is 2. The Kier molecular flexibility index (Phi) is 8.56. The van der Waals surface area contributed by atoms with Crippen LogP contribution in [0.15, 0.2) is 46.7 Å². The summed E-state index contributed by atoms with van der Waals surface area (Å²) in [6.07, 6.45) is 11.5. The molecular formula is C25H34Cl2N2. The highest BCUT2D eigenvalue weighted by atomic mass is 35.5. The maximum absolute atomic E-state index is 6.73. The molecule has 0 aromatic heterocycles. The van der Waals surface area contributed by atoms with Crippen LogP contribution in [0.25, 0.3) is 10.8 Å². The largest absolute Gasteiger partial charge is 0.342 e. The third-order valence-electron chi connectivity index (χ3n) is 5.91. The first-order valence-corrected chi connectivity index (χ1v) is 12.0. The van der Waals surface area contributed by atoms with Gasteiger partial charge in [-0.25, -0.2) is 0 Å². The minimum absolute atomic E-state index is 0.650. The lowest BCUT2D eigenvalue weighted by atomic mass is 10.0. The van der Waals surface area contributed by atoms with Crippen molar-refractivity contribution in [2.45, 2.75) is 71.6 Å². The van der Waals surface area contributed by atoms with Gasteiger partial charge < -0.3 is 9.80 Å². The Bertz CT molecular complexity index is 831. The number of rotatable bonds is 11. The first kappa shape index (κ1) is 22.3. The summed E-state index contributed by atoms with van der Waals surface area (Å²) < 4.78 is 0. The molecule has 2 nitrogen and oxygen atoms in total. The van der Waals surface area contributed by atoms with Crippen molar-refractivity contribution in [1.82, 2.24) is 4.90 Å². The zero-order valence-corrected chi connectivity index (χ0v) is 19.4. The van der Waals surface area contributed by atoms with Gasteiger partial charge in [0.1, 0.15) is 10.3 Å². The molecule has 29 heavy (non-hydrogen) atoms. The van der Waals surface area contributed by atoms with Crippen molar-refractivity contribution in [3.8, 4) is 0 Å². The Morgan fingerprint density at radius 2 is 1.48 bits per heavy atom. The Morgan fingerprint density at radius 3 is 2.21 bits per heavy atom. The van der Waals surface area contributed by atoms with Crippen molar-refractivity contribution in [2.24, 2.45) is 0 Å². The van der Waals surface area contributed by atoms with E-state index in [0.29, 0.717) is 10.3 Å². The number of fused-ring (bicyclic) bond motifs is 1. The molecule has 0 saturated heterocycles. The summed E-state index contributed by atoms with van der Waals surface area (Å²) in [6.45, 7) is 6.16. The smallest absolute Gasteiger partial charge is 0.146 e. The highest BCUT2D eigenvalue weighted by Crippen LogP contribution is 2.40. The van der Waals surface area contributed by atoms with E-state index in [0.717, 1.165) is 26.1 Å². The second-order valence-electron chi connectivity index (χ2n) is 8.04. The average molecular weight is 433 g/mol. The van der Waals surface area contributed by atoms with Gasteiger partial charge in [0.15, 0.2) is 0 Å². The lowest BCUT2D eigenvalue weighted by Crippen LogP contribution is -2.28. The van der Waals surface area contributed by atoms with Gasteiger partial charge in [0.2, 0.25) is 0 Å². The summed E-state index contributed by atoms with van der Waals surface area (Å²) in [7, 11) is 0. The van der Waals surface area contributed by atoms with Gasteiger partial charge in [-0.2, -0.15) is 0 Å². The zero-order valence-electron chi connectivity index (χ0n) is 17.9. The van der Waals surface area contributed by atoms with Crippen molar-refractivity contribution >= 4 is 39.7 Å². The molecular weight excluding hydrogens is 399 g/mol. The first-order valence-electron chi connectivity index (χ1n) is 11.3. The monoisotopic (exact) mass is 432 g/mol. The molecule has 0 unspecified atom stereocenters. The van der Waals surface area contributed by atoms with Crippen LogP contribution in [0.5, 0.6) is 0 Å². The fourth-order valence-corrected chi connectivity index (χ4v) is 4.71. The van der Waals surface area contributed by atoms with Gasteiger partial charge in [-0.15, -0.1) is 0 Å². The van der Waals surface area contributed by atoms with Crippen LogP contribution in [0.4, 0.5) is 5.69 Å². The Balaban J connectivity index is 1.63. The van der Waals surface area contributed by atoms with Crippen LogP contribution in [-0.4, -0.2) is 18.1 Å². The fraction of sp³-hybridized carbons (Fsp3) is 0.520. The number of hydrogen-bond acceptors (Lipinski definition) is 2. The molecule has 2 aromatic carbocycles. The molecule has 2 aromatic rings. The summed E-state index contributed by atoms with van der Waals surface area (Å²) in [5.74, 6) is 0. The lowest BCUT2D eigenvalue weighted by Gasteiger charge is -2.26. The van der Waals surface area contributed by atoms with E-state index in [-0.39, 0.29) is 0 Å². The maximum atomic E-state index is 6.73. The van der Waals surface area contributed by atoms with E-state index in [1.807, 2.05) is 0 Å². The van der Waals surface area contributed by atoms with E-state index in [1.54, 1.807) is 0 Å². The average Bonchev–Trinajstić information content (AvgIpc) is 3.03. The molecule has 0 radical (unpaired) electrons. The number of halogens is 2. The summed E-state index contributed by atoms with van der Waals surface area (Å²) in [6, 6.07) is 12.9. The normalized spacial score (nSPS) is 14.5. The molecule has 0 saturated carbocycles. The third-order valence-corrected chi connectivity index (χ3v) is 6.81. The third kappa shape index (κ3) is 5.41. The maximum Gasteiger partial charge on any atom is 0.146 e. The molecule has 0 bridgehead atoms. The number of hydrogen-bond donors (Lipinski definition) is 0. The Morgan fingerprint density at radius 1 is 0.793 bits per heavy atom. The summed E-state index contributed by atoms with van der Waals surface area (Å²) in [5.41, 5.74) is 2.51. The van der Waals surface area contributed by atoms with Crippen LogP contribution in [0.3, 0.4) is 0 Å².